The molecule has 7 nitrogen and oxygen atoms in total. The number of hydrogen-bond acceptors (Lipinski definition) is 6. The fraction of sp³-hybridized carbons (Fsp3) is 0.500. The molecule has 1 amide bonds. The number of rotatable bonds is 6. The molecule has 1 saturated heterocycles. The number of amides is 1. The van der Waals surface area contributed by atoms with Crippen LogP contribution in [0, 0.1) is 5.92 Å². The zero-order valence-electron chi connectivity index (χ0n) is 14.0. The summed E-state index contributed by atoms with van der Waals surface area (Å²) in [7, 11) is -3.12. The number of halogens is 2. The first-order valence-corrected chi connectivity index (χ1v) is 9.48. The van der Waals surface area contributed by atoms with E-state index in [1.165, 1.54) is 36.1 Å². The SMILES string of the molecule is COC(=O)c1ccc(CS(=O)(=O)NC(=O)C(F)(F)C2CCOCC2)cc1. The molecule has 0 aliphatic carbocycles. The topological polar surface area (TPSA) is 98.8 Å². The second-order valence-corrected chi connectivity index (χ2v) is 7.61. The molecule has 0 aromatic heterocycles. The van der Waals surface area contributed by atoms with E-state index in [2.05, 4.69) is 4.74 Å². The highest BCUT2D eigenvalue weighted by atomic mass is 32.2. The fourth-order valence-electron chi connectivity index (χ4n) is 2.57. The van der Waals surface area contributed by atoms with Crippen molar-refractivity contribution in [2.75, 3.05) is 20.3 Å². The van der Waals surface area contributed by atoms with Crippen LogP contribution in [-0.2, 0) is 30.0 Å². The third-order valence-corrected chi connectivity index (χ3v) is 5.23. The number of alkyl halides is 2. The minimum absolute atomic E-state index is 0.0184. The predicted octanol–water partition coefficient (Wildman–Crippen LogP) is 1.48. The summed E-state index contributed by atoms with van der Waals surface area (Å²) in [5.74, 6) is -8.17. The summed E-state index contributed by atoms with van der Waals surface area (Å²) in [4.78, 5) is 23.1. The summed E-state index contributed by atoms with van der Waals surface area (Å²) >= 11 is 0. The van der Waals surface area contributed by atoms with E-state index >= 15 is 0 Å². The average Bonchev–Trinajstić information content (AvgIpc) is 2.61. The van der Waals surface area contributed by atoms with Crippen molar-refractivity contribution in [2.24, 2.45) is 5.92 Å². The molecule has 0 unspecified atom stereocenters. The Morgan fingerprint density at radius 2 is 1.81 bits per heavy atom. The van der Waals surface area contributed by atoms with E-state index in [0.29, 0.717) is 0 Å². The van der Waals surface area contributed by atoms with Gasteiger partial charge in [0, 0.05) is 19.1 Å². The van der Waals surface area contributed by atoms with Gasteiger partial charge in [-0.2, -0.15) is 8.78 Å². The zero-order chi connectivity index (χ0) is 19.4. The number of nitrogens with one attached hydrogen (secondary N) is 1. The highest BCUT2D eigenvalue weighted by Gasteiger charge is 2.48. The minimum Gasteiger partial charge on any atom is -0.465 e. The van der Waals surface area contributed by atoms with Gasteiger partial charge in [-0.15, -0.1) is 0 Å². The van der Waals surface area contributed by atoms with Crippen LogP contribution in [0.25, 0.3) is 0 Å². The Hall–Kier alpha value is -2.07. The van der Waals surface area contributed by atoms with Gasteiger partial charge in [-0.1, -0.05) is 12.1 Å². The van der Waals surface area contributed by atoms with Crippen LogP contribution in [-0.4, -0.2) is 46.5 Å². The summed E-state index contributed by atoms with van der Waals surface area (Å²) < 4.78 is 63.3. The molecule has 0 spiro atoms. The second-order valence-electron chi connectivity index (χ2n) is 5.89. The zero-order valence-corrected chi connectivity index (χ0v) is 14.9. The van der Waals surface area contributed by atoms with Gasteiger partial charge in [0.1, 0.15) is 0 Å². The Bertz CT molecular complexity index is 757. The van der Waals surface area contributed by atoms with Gasteiger partial charge in [0.05, 0.1) is 18.4 Å². The lowest BCUT2D eigenvalue weighted by Crippen LogP contribution is -2.49. The summed E-state index contributed by atoms with van der Waals surface area (Å²) in [6, 6.07) is 5.36. The van der Waals surface area contributed by atoms with Crippen LogP contribution >= 0.6 is 0 Å². The Kier molecular flexibility index (Phi) is 6.30. The van der Waals surface area contributed by atoms with Gasteiger partial charge in [-0.25, -0.2) is 17.9 Å². The quantitative estimate of drug-likeness (QED) is 0.738. The molecule has 0 radical (unpaired) electrons. The van der Waals surface area contributed by atoms with E-state index in [9.17, 15) is 26.8 Å². The predicted molar refractivity (Wildman–Crippen MR) is 87.0 cm³/mol. The molecule has 0 saturated carbocycles. The van der Waals surface area contributed by atoms with Gasteiger partial charge in [0.25, 0.3) is 0 Å². The molecular formula is C16H19F2NO6S. The summed E-state index contributed by atoms with van der Waals surface area (Å²) in [5.41, 5.74) is 0.441. The van der Waals surface area contributed by atoms with Crippen molar-refractivity contribution in [3.8, 4) is 0 Å². The lowest BCUT2D eigenvalue weighted by atomic mass is 9.92. The second kappa shape index (κ2) is 8.09. The number of sulfonamides is 1. The first-order valence-electron chi connectivity index (χ1n) is 7.83. The molecule has 0 atom stereocenters. The molecule has 144 valence electrons. The summed E-state index contributed by atoms with van der Waals surface area (Å²) in [6.07, 6.45) is -0.0368. The molecule has 2 rings (SSSR count). The van der Waals surface area contributed by atoms with E-state index in [-0.39, 0.29) is 37.2 Å². The molecule has 10 heteroatoms. The number of carbonyl (C=O) groups is 2. The monoisotopic (exact) mass is 391 g/mol. The highest BCUT2D eigenvalue weighted by molar-refractivity contribution is 7.89. The molecule has 1 heterocycles. The molecule has 1 aromatic rings. The average molecular weight is 391 g/mol. The van der Waals surface area contributed by atoms with Crippen LogP contribution in [0.1, 0.15) is 28.8 Å². The third-order valence-electron chi connectivity index (χ3n) is 4.02. The number of methoxy groups -OCH3 is 1. The molecule has 1 aliphatic heterocycles. The van der Waals surface area contributed by atoms with Gasteiger partial charge in [0.15, 0.2) is 0 Å². The van der Waals surface area contributed by atoms with Crippen molar-refractivity contribution in [2.45, 2.75) is 24.5 Å². The molecule has 1 fully saturated rings. The molecule has 1 aliphatic rings. The Morgan fingerprint density at radius 3 is 2.35 bits per heavy atom. The van der Waals surface area contributed by atoms with Crippen molar-refractivity contribution in [3.63, 3.8) is 0 Å². The summed E-state index contributed by atoms with van der Waals surface area (Å²) in [6.45, 7) is 0.208. The van der Waals surface area contributed by atoms with Crippen molar-refractivity contribution in [1.82, 2.24) is 4.72 Å². The van der Waals surface area contributed by atoms with E-state index in [0.717, 1.165) is 0 Å². The minimum atomic E-state index is -4.32. The van der Waals surface area contributed by atoms with Crippen LogP contribution in [0.5, 0.6) is 0 Å². The number of ether oxygens (including phenoxy) is 2. The molecule has 26 heavy (non-hydrogen) atoms. The molecule has 1 aromatic carbocycles. The normalized spacial score (nSPS) is 16.1. The van der Waals surface area contributed by atoms with Gasteiger partial charge in [-0.3, -0.25) is 4.79 Å². The molecule has 1 N–H and O–H groups in total. The van der Waals surface area contributed by atoms with E-state index < -0.39 is 39.5 Å². The maximum atomic E-state index is 14.2. The number of esters is 1. The molecule has 0 bridgehead atoms. The summed E-state index contributed by atoms with van der Waals surface area (Å²) in [5, 5.41) is 0. The largest absolute Gasteiger partial charge is 0.465 e. The first kappa shape index (κ1) is 20.2. The van der Waals surface area contributed by atoms with Gasteiger partial charge in [-0.05, 0) is 30.5 Å². The van der Waals surface area contributed by atoms with Crippen LogP contribution in [0.3, 0.4) is 0 Å². The lowest BCUT2D eigenvalue weighted by Gasteiger charge is -2.28. The third kappa shape index (κ3) is 4.98. The lowest BCUT2D eigenvalue weighted by molar-refractivity contribution is -0.157. The van der Waals surface area contributed by atoms with Crippen LogP contribution in [0.15, 0.2) is 24.3 Å². The maximum Gasteiger partial charge on any atom is 0.337 e. The van der Waals surface area contributed by atoms with Crippen molar-refractivity contribution >= 4 is 21.9 Å². The van der Waals surface area contributed by atoms with Crippen molar-refractivity contribution < 1.29 is 36.3 Å². The fourth-order valence-corrected chi connectivity index (χ4v) is 3.69. The molecular weight excluding hydrogens is 372 g/mol. The Morgan fingerprint density at radius 1 is 1.23 bits per heavy atom. The number of hydrogen-bond donors (Lipinski definition) is 1. The first-order chi connectivity index (χ1) is 12.2. The number of benzene rings is 1. The van der Waals surface area contributed by atoms with E-state index in [1.54, 1.807) is 0 Å². The highest BCUT2D eigenvalue weighted by Crippen LogP contribution is 2.32. The van der Waals surface area contributed by atoms with E-state index in [4.69, 9.17) is 4.74 Å². The van der Waals surface area contributed by atoms with Crippen LogP contribution in [0.4, 0.5) is 8.78 Å². The van der Waals surface area contributed by atoms with Gasteiger partial charge < -0.3 is 9.47 Å². The van der Waals surface area contributed by atoms with Crippen LogP contribution < -0.4 is 4.72 Å². The van der Waals surface area contributed by atoms with Crippen molar-refractivity contribution in [1.29, 1.82) is 0 Å². The van der Waals surface area contributed by atoms with Crippen molar-refractivity contribution in [3.05, 3.63) is 35.4 Å². The Balaban J connectivity index is 2.03. The smallest absolute Gasteiger partial charge is 0.337 e. The van der Waals surface area contributed by atoms with Gasteiger partial charge >= 0.3 is 17.8 Å². The van der Waals surface area contributed by atoms with Crippen LogP contribution in [0.2, 0.25) is 0 Å². The van der Waals surface area contributed by atoms with Gasteiger partial charge in [0.2, 0.25) is 10.0 Å². The van der Waals surface area contributed by atoms with E-state index in [1.807, 2.05) is 0 Å². The maximum absolute atomic E-state index is 14.2. The number of carbonyl (C=O) groups excluding carboxylic acids is 2. The Labute approximate surface area is 149 Å². The standard InChI is InChI=1S/C16H19F2NO6S/c1-24-14(20)12-4-2-11(3-5-12)10-26(22,23)19-15(21)16(17,18)13-6-8-25-9-7-13/h2-5,13H,6-10H2,1H3,(H,19,21).